The van der Waals surface area contributed by atoms with E-state index >= 15 is 0 Å². The molecular formula is C15H17N3O. The fraction of sp³-hybridized carbons (Fsp3) is 0.200. The highest BCUT2D eigenvalue weighted by molar-refractivity contribution is 5.93. The number of aromatic nitrogens is 1. The Kier molecular flexibility index (Phi) is 4.26. The summed E-state index contributed by atoms with van der Waals surface area (Å²) in [5.74, 6) is -0.190. The minimum Gasteiger partial charge on any atom is -0.349 e. The minimum absolute atomic E-state index is 0.190. The third-order valence-corrected chi connectivity index (χ3v) is 2.93. The number of pyridine rings is 1. The van der Waals surface area contributed by atoms with Crippen LogP contribution in [0.2, 0.25) is 0 Å². The molecule has 0 bridgehead atoms. The molecule has 1 aromatic carbocycles. The summed E-state index contributed by atoms with van der Waals surface area (Å²) in [6, 6.07) is 13.1. The van der Waals surface area contributed by atoms with E-state index in [1.165, 1.54) is 0 Å². The van der Waals surface area contributed by atoms with Gasteiger partial charge in [0.1, 0.15) is 5.69 Å². The molecule has 0 aliphatic heterocycles. The molecule has 3 N–H and O–H groups in total. The van der Waals surface area contributed by atoms with E-state index in [0.29, 0.717) is 12.2 Å². The molecule has 0 radical (unpaired) electrons. The van der Waals surface area contributed by atoms with Gasteiger partial charge in [-0.05, 0) is 24.1 Å². The molecule has 2 aromatic rings. The molecule has 19 heavy (non-hydrogen) atoms. The molecule has 4 heteroatoms. The Morgan fingerprint density at radius 3 is 2.68 bits per heavy atom. The summed E-state index contributed by atoms with van der Waals surface area (Å²) in [5, 5.41) is 2.81. The molecular weight excluding hydrogens is 238 g/mol. The Morgan fingerprint density at radius 2 is 2.00 bits per heavy atom. The van der Waals surface area contributed by atoms with Gasteiger partial charge < -0.3 is 11.1 Å². The third kappa shape index (κ3) is 3.39. The number of carbonyl (C=O) groups is 1. The van der Waals surface area contributed by atoms with Gasteiger partial charge in [-0.1, -0.05) is 36.4 Å². The van der Waals surface area contributed by atoms with Gasteiger partial charge in [0.25, 0.3) is 5.91 Å². The van der Waals surface area contributed by atoms with Crippen LogP contribution in [0.3, 0.4) is 0 Å². The molecule has 0 fully saturated rings. The lowest BCUT2D eigenvalue weighted by Crippen LogP contribution is -2.32. The van der Waals surface area contributed by atoms with Crippen LogP contribution in [0.1, 0.15) is 27.7 Å². The van der Waals surface area contributed by atoms with Crippen LogP contribution < -0.4 is 11.1 Å². The molecule has 0 aliphatic carbocycles. The zero-order chi connectivity index (χ0) is 13.7. The van der Waals surface area contributed by atoms with Crippen LogP contribution in [0.15, 0.2) is 48.7 Å². The number of nitrogens with one attached hydrogen (secondary N) is 1. The molecule has 1 atom stereocenters. The van der Waals surface area contributed by atoms with Gasteiger partial charge in [0.15, 0.2) is 0 Å². The minimum atomic E-state index is -0.214. The topological polar surface area (TPSA) is 68.0 Å². The largest absolute Gasteiger partial charge is 0.349 e. The van der Waals surface area contributed by atoms with Crippen molar-refractivity contribution in [2.24, 2.45) is 5.73 Å². The molecule has 1 aromatic heterocycles. The Labute approximate surface area is 112 Å². The molecule has 0 saturated carbocycles. The standard InChI is InChI=1S/C15H17N3O/c1-11-6-5-9-17-14(11)15(19)18-10-13(16)12-7-3-2-4-8-12/h2-9,13H,10,16H2,1H3,(H,18,19). The van der Waals surface area contributed by atoms with E-state index < -0.39 is 0 Å². The average molecular weight is 255 g/mol. The predicted molar refractivity (Wildman–Crippen MR) is 74.7 cm³/mol. The van der Waals surface area contributed by atoms with Gasteiger partial charge in [-0.3, -0.25) is 9.78 Å². The van der Waals surface area contributed by atoms with Gasteiger partial charge in [0, 0.05) is 18.8 Å². The van der Waals surface area contributed by atoms with Crippen molar-refractivity contribution in [1.82, 2.24) is 10.3 Å². The second kappa shape index (κ2) is 6.11. The fourth-order valence-electron chi connectivity index (χ4n) is 1.83. The predicted octanol–water partition coefficient (Wildman–Crippen LogP) is 1.82. The highest BCUT2D eigenvalue weighted by Gasteiger charge is 2.12. The number of benzene rings is 1. The molecule has 1 amide bonds. The summed E-state index contributed by atoms with van der Waals surface area (Å²) in [6.07, 6.45) is 1.61. The number of aryl methyl sites for hydroxylation is 1. The molecule has 4 nitrogen and oxygen atoms in total. The van der Waals surface area contributed by atoms with Crippen molar-refractivity contribution >= 4 is 5.91 Å². The van der Waals surface area contributed by atoms with Gasteiger partial charge in [-0.15, -0.1) is 0 Å². The lowest BCUT2D eigenvalue weighted by Gasteiger charge is -2.13. The smallest absolute Gasteiger partial charge is 0.270 e. The maximum atomic E-state index is 12.0. The maximum absolute atomic E-state index is 12.0. The van der Waals surface area contributed by atoms with Crippen LogP contribution in [0.4, 0.5) is 0 Å². The van der Waals surface area contributed by atoms with Crippen molar-refractivity contribution in [3.05, 3.63) is 65.5 Å². The first-order valence-corrected chi connectivity index (χ1v) is 6.19. The first-order valence-electron chi connectivity index (χ1n) is 6.19. The van der Waals surface area contributed by atoms with Crippen LogP contribution in [-0.2, 0) is 0 Å². The second-order valence-electron chi connectivity index (χ2n) is 4.40. The highest BCUT2D eigenvalue weighted by Crippen LogP contribution is 2.08. The molecule has 98 valence electrons. The van der Waals surface area contributed by atoms with Gasteiger partial charge in [-0.2, -0.15) is 0 Å². The third-order valence-electron chi connectivity index (χ3n) is 2.93. The van der Waals surface area contributed by atoms with Crippen molar-refractivity contribution in [2.75, 3.05) is 6.54 Å². The zero-order valence-corrected chi connectivity index (χ0v) is 10.8. The molecule has 1 unspecified atom stereocenters. The Balaban J connectivity index is 1.96. The van der Waals surface area contributed by atoms with Crippen molar-refractivity contribution in [3.8, 4) is 0 Å². The second-order valence-corrected chi connectivity index (χ2v) is 4.40. The molecule has 2 rings (SSSR count). The zero-order valence-electron chi connectivity index (χ0n) is 10.8. The van der Waals surface area contributed by atoms with E-state index in [1.54, 1.807) is 6.20 Å². The average Bonchev–Trinajstić information content (AvgIpc) is 2.46. The molecule has 0 spiro atoms. The number of hydrogen-bond donors (Lipinski definition) is 2. The monoisotopic (exact) mass is 255 g/mol. The van der Waals surface area contributed by atoms with Gasteiger partial charge in [-0.25, -0.2) is 0 Å². The van der Waals surface area contributed by atoms with E-state index in [9.17, 15) is 4.79 Å². The Morgan fingerprint density at radius 1 is 1.26 bits per heavy atom. The summed E-state index contributed by atoms with van der Waals surface area (Å²) >= 11 is 0. The van der Waals surface area contributed by atoms with Gasteiger partial charge in [0.05, 0.1) is 0 Å². The highest BCUT2D eigenvalue weighted by atomic mass is 16.1. The van der Waals surface area contributed by atoms with E-state index in [1.807, 2.05) is 49.4 Å². The lowest BCUT2D eigenvalue weighted by molar-refractivity contribution is 0.0945. The van der Waals surface area contributed by atoms with E-state index in [0.717, 1.165) is 11.1 Å². The van der Waals surface area contributed by atoms with Crippen LogP contribution >= 0.6 is 0 Å². The van der Waals surface area contributed by atoms with E-state index in [2.05, 4.69) is 10.3 Å². The van der Waals surface area contributed by atoms with Crippen LogP contribution in [0.5, 0.6) is 0 Å². The molecule has 0 aliphatic rings. The van der Waals surface area contributed by atoms with E-state index in [4.69, 9.17) is 5.73 Å². The normalized spacial score (nSPS) is 11.9. The van der Waals surface area contributed by atoms with Crippen molar-refractivity contribution in [1.29, 1.82) is 0 Å². The number of nitrogens with two attached hydrogens (primary N) is 1. The van der Waals surface area contributed by atoms with E-state index in [-0.39, 0.29) is 11.9 Å². The number of amides is 1. The van der Waals surface area contributed by atoms with Crippen molar-refractivity contribution in [2.45, 2.75) is 13.0 Å². The van der Waals surface area contributed by atoms with Gasteiger partial charge in [0.2, 0.25) is 0 Å². The van der Waals surface area contributed by atoms with Crippen LogP contribution in [0, 0.1) is 6.92 Å². The summed E-state index contributed by atoms with van der Waals surface area (Å²) in [5.41, 5.74) is 8.33. The first-order chi connectivity index (χ1) is 9.18. The van der Waals surface area contributed by atoms with Gasteiger partial charge >= 0.3 is 0 Å². The number of hydrogen-bond acceptors (Lipinski definition) is 3. The lowest BCUT2D eigenvalue weighted by atomic mass is 10.1. The number of nitrogens with zero attached hydrogens (tertiary/aromatic N) is 1. The number of rotatable bonds is 4. The Hall–Kier alpha value is -2.20. The van der Waals surface area contributed by atoms with Crippen molar-refractivity contribution in [3.63, 3.8) is 0 Å². The van der Waals surface area contributed by atoms with Crippen molar-refractivity contribution < 1.29 is 4.79 Å². The molecule has 1 heterocycles. The number of carbonyl (C=O) groups excluding carboxylic acids is 1. The van der Waals surface area contributed by atoms with Crippen LogP contribution in [-0.4, -0.2) is 17.4 Å². The first kappa shape index (κ1) is 13.2. The Bertz CT molecular complexity index is 554. The SMILES string of the molecule is Cc1cccnc1C(=O)NCC(N)c1ccccc1. The fourth-order valence-corrected chi connectivity index (χ4v) is 1.83. The summed E-state index contributed by atoms with van der Waals surface area (Å²) in [6.45, 7) is 2.25. The quantitative estimate of drug-likeness (QED) is 0.875. The summed E-state index contributed by atoms with van der Waals surface area (Å²) in [4.78, 5) is 16.0. The maximum Gasteiger partial charge on any atom is 0.270 e. The molecule has 0 saturated heterocycles. The van der Waals surface area contributed by atoms with Crippen LogP contribution in [0.25, 0.3) is 0 Å². The summed E-state index contributed by atoms with van der Waals surface area (Å²) in [7, 11) is 0. The summed E-state index contributed by atoms with van der Waals surface area (Å²) < 4.78 is 0.